The van der Waals surface area contributed by atoms with E-state index in [4.69, 9.17) is 27.9 Å². The lowest BCUT2D eigenvalue weighted by molar-refractivity contribution is 0.179. The third-order valence-corrected chi connectivity index (χ3v) is 4.42. The molecule has 0 aromatic heterocycles. The zero-order valence-corrected chi connectivity index (χ0v) is 13.3. The van der Waals surface area contributed by atoms with Crippen molar-refractivity contribution in [3.05, 3.63) is 34.4 Å². The maximum Gasteiger partial charge on any atom is 0.400 e. The van der Waals surface area contributed by atoms with E-state index in [0.29, 0.717) is 39.6 Å². The lowest BCUT2D eigenvalue weighted by Gasteiger charge is -2.13. The average molecular weight is 341 g/mol. The minimum absolute atomic E-state index is 0.0719. The van der Waals surface area contributed by atoms with Crippen molar-refractivity contribution in [2.24, 2.45) is 5.92 Å². The molecule has 6 heteroatoms. The summed E-state index contributed by atoms with van der Waals surface area (Å²) in [6.07, 6.45) is 3.26. The van der Waals surface area contributed by atoms with Gasteiger partial charge in [0, 0.05) is 18.0 Å². The van der Waals surface area contributed by atoms with Crippen LogP contribution in [0.4, 0.5) is 0 Å². The van der Waals surface area contributed by atoms with Crippen molar-refractivity contribution < 1.29 is 14.9 Å². The normalized spacial score (nSPS) is 18.6. The molecule has 116 valence electrons. The molecule has 0 saturated heterocycles. The third-order valence-electron chi connectivity index (χ3n) is 3.77. The van der Waals surface area contributed by atoms with Crippen molar-refractivity contribution in [1.29, 1.82) is 0 Å². The molecule has 1 saturated carbocycles. The minimum atomic E-state index is -0.803. The molecule has 0 radical (unpaired) electrons. The number of phenolic OH excluding ortho intramolecular Hbond substituents is 1. The Morgan fingerprint density at radius 1 is 1.32 bits per heavy atom. The van der Waals surface area contributed by atoms with E-state index in [1.165, 1.54) is 25.1 Å². The van der Waals surface area contributed by atoms with Crippen LogP contribution in [0.1, 0.15) is 30.9 Å². The van der Waals surface area contributed by atoms with E-state index in [1.54, 1.807) is 12.1 Å². The van der Waals surface area contributed by atoms with Crippen LogP contribution in [0.3, 0.4) is 0 Å². The lowest BCUT2D eigenvalue weighted by atomic mass is 10.0. The Kier molecular flexibility index (Phi) is 4.46. The summed E-state index contributed by atoms with van der Waals surface area (Å²) in [6, 6.07) is 4.83. The van der Waals surface area contributed by atoms with Crippen LogP contribution < -0.4 is 9.40 Å². The summed E-state index contributed by atoms with van der Waals surface area (Å²) in [7, 11) is 0. The molecule has 1 fully saturated rings. The van der Waals surface area contributed by atoms with Crippen LogP contribution in [0.25, 0.3) is 0 Å². The first-order valence-corrected chi connectivity index (χ1v) is 7.89. The first-order chi connectivity index (χ1) is 10.5. The third kappa shape index (κ3) is 3.47. The highest BCUT2D eigenvalue weighted by molar-refractivity contribution is 6.71. The molecule has 2 N–H and O–H groups in total. The molecule has 1 aromatic rings. The largest absolute Gasteiger partial charge is 0.504 e. The van der Waals surface area contributed by atoms with Gasteiger partial charge in [0.1, 0.15) is 5.03 Å². The summed E-state index contributed by atoms with van der Waals surface area (Å²) in [5, 5.41) is 20.9. The molecule has 1 atom stereocenters. The van der Waals surface area contributed by atoms with Crippen molar-refractivity contribution in [1.82, 2.24) is 4.67 Å². The summed E-state index contributed by atoms with van der Waals surface area (Å²) in [5.74, 6) is 1.05. The van der Waals surface area contributed by atoms with E-state index in [1.807, 2.05) is 0 Å². The van der Waals surface area contributed by atoms with Gasteiger partial charge in [0.25, 0.3) is 0 Å². The van der Waals surface area contributed by atoms with Crippen LogP contribution in [0.15, 0.2) is 28.8 Å². The molecule has 0 spiro atoms. The first kappa shape index (κ1) is 15.4. The second-order valence-corrected chi connectivity index (χ2v) is 6.34. The van der Waals surface area contributed by atoms with Gasteiger partial charge in [0.05, 0.1) is 18.3 Å². The van der Waals surface area contributed by atoms with Crippen LogP contribution in [0.2, 0.25) is 0 Å². The Morgan fingerprint density at radius 3 is 2.73 bits per heavy atom. The highest BCUT2D eigenvalue weighted by Crippen LogP contribution is 2.35. The number of phenols is 1. The Bertz CT molecular complexity index is 689. The van der Waals surface area contributed by atoms with E-state index in [0.717, 1.165) is 0 Å². The van der Waals surface area contributed by atoms with Crippen LogP contribution in [-0.4, -0.2) is 28.2 Å². The monoisotopic (exact) mass is 340 g/mol. The van der Waals surface area contributed by atoms with Gasteiger partial charge in [-0.05, 0) is 36.5 Å². The number of hydrogen-bond donors (Lipinski definition) is 2. The van der Waals surface area contributed by atoms with Gasteiger partial charge in [-0.1, -0.05) is 22.3 Å². The number of nitrogens with zero attached hydrogens (tertiary/aromatic N) is 1. The summed E-state index contributed by atoms with van der Waals surface area (Å²) >= 11 is 12.0. The fourth-order valence-electron chi connectivity index (χ4n) is 2.21. The summed E-state index contributed by atoms with van der Waals surface area (Å²) in [6.45, 7) is 0.595. The van der Waals surface area contributed by atoms with Crippen LogP contribution in [0.5, 0.6) is 11.5 Å². The smallest absolute Gasteiger partial charge is 0.400 e. The van der Waals surface area contributed by atoms with Crippen molar-refractivity contribution in [3.8, 4) is 11.5 Å². The van der Waals surface area contributed by atoms with Crippen LogP contribution in [0, 0.1) is 5.92 Å². The quantitative estimate of drug-likeness (QED) is 0.782. The van der Waals surface area contributed by atoms with E-state index < -0.39 is 6.10 Å². The first-order valence-electron chi connectivity index (χ1n) is 7.14. The second-order valence-electron chi connectivity index (χ2n) is 5.58. The number of ether oxygens (including phenoxy) is 1. The number of hydrogen-bond acceptors (Lipinski definition) is 3. The van der Waals surface area contributed by atoms with Gasteiger partial charge >= 0.3 is 11.4 Å². The minimum Gasteiger partial charge on any atom is -0.504 e. The molecule has 22 heavy (non-hydrogen) atoms. The number of allylic oxidation sites excluding steroid dienone is 1. The van der Waals surface area contributed by atoms with E-state index in [9.17, 15) is 10.2 Å². The SMILES string of the molecule is Oc1ccc([C@@H](O)CC2=C(Cl)C=[N+]=C2Cl)cc1OCC1CC1. The Morgan fingerprint density at radius 2 is 2.09 bits per heavy atom. The Hall–Kier alpha value is -1.45. The number of aromatic hydroxyl groups is 1. The molecule has 0 unspecified atom stereocenters. The summed E-state index contributed by atoms with van der Waals surface area (Å²) < 4.78 is 9.52. The molecular weight excluding hydrogens is 325 g/mol. The van der Waals surface area contributed by atoms with Crippen LogP contribution >= 0.6 is 23.2 Å². The number of aliphatic hydroxyl groups excluding tert-OH is 1. The molecule has 1 aliphatic carbocycles. The lowest BCUT2D eigenvalue weighted by Crippen LogP contribution is -2.05. The predicted molar refractivity (Wildman–Crippen MR) is 87.8 cm³/mol. The Balaban J connectivity index is 1.72. The van der Waals surface area contributed by atoms with Crippen molar-refractivity contribution in [2.75, 3.05) is 6.61 Å². The average Bonchev–Trinajstić information content (AvgIpc) is 3.28. The van der Waals surface area contributed by atoms with Crippen molar-refractivity contribution >= 4 is 34.6 Å². The topological polar surface area (TPSA) is 63.8 Å². The van der Waals surface area contributed by atoms with Gasteiger partial charge < -0.3 is 14.9 Å². The molecule has 1 heterocycles. The zero-order chi connectivity index (χ0) is 15.7. The van der Waals surface area contributed by atoms with Gasteiger partial charge in [0.15, 0.2) is 11.5 Å². The Labute approximate surface area is 138 Å². The molecule has 0 amide bonds. The van der Waals surface area contributed by atoms with E-state index >= 15 is 0 Å². The molecule has 1 aliphatic heterocycles. The maximum atomic E-state index is 10.4. The van der Waals surface area contributed by atoms with E-state index in [-0.39, 0.29) is 12.2 Å². The molecule has 3 rings (SSSR count). The number of rotatable bonds is 6. The summed E-state index contributed by atoms with van der Waals surface area (Å²) in [5.41, 5.74) is 1.25. The predicted octanol–water partition coefficient (Wildman–Crippen LogP) is 2.89. The number of benzene rings is 1. The van der Waals surface area contributed by atoms with Gasteiger partial charge in [-0.2, -0.15) is 0 Å². The molecule has 1 aromatic carbocycles. The zero-order valence-electron chi connectivity index (χ0n) is 11.8. The second kappa shape index (κ2) is 6.35. The highest BCUT2D eigenvalue weighted by Gasteiger charge is 2.28. The maximum absolute atomic E-state index is 10.4. The van der Waals surface area contributed by atoms with Crippen molar-refractivity contribution in [2.45, 2.75) is 25.4 Å². The molecule has 0 bridgehead atoms. The van der Waals surface area contributed by atoms with Gasteiger partial charge in [-0.15, -0.1) is 0 Å². The fraction of sp³-hybridized carbons (Fsp3) is 0.375. The number of aliphatic hydroxyl groups is 1. The standard InChI is InChI=1S/C16H15Cl2NO3/c17-12-7-19-16(18)11(12)6-14(21)10-3-4-13(20)15(5-10)22-8-9-1-2-9/h3-5,7,9,14,21H,1-2,6,8H2/p+1/t14-/m0/s1. The van der Waals surface area contributed by atoms with Gasteiger partial charge in [-0.3, -0.25) is 0 Å². The van der Waals surface area contributed by atoms with Crippen molar-refractivity contribution in [3.63, 3.8) is 0 Å². The van der Waals surface area contributed by atoms with E-state index in [2.05, 4.69) is 4.67 Å². The van der Waals surface area contributed by atoms with Gasteiger partial charge in [0.2, 0.25) is 0 Å². The molecular formula is C16H16Cl2NO3+. The summed E-state index contributed by atoms with van der Waals surface area (Å²) in [4.78, 5) is 0. The fourth-order valence-corrected chi connectivity index (χ4v) is 2.70. The molecule has 2 aliphatic rings. The van der Waals surface area contributed by atoms with Crippen LogP contribution in [-0.2, 0) is 0 Å². The van der Waals surface area contributed by atoms with Gasteiger partial charge in [-0.25, -0.2) is 0 Å². The highest BCUT2D eigenvalue weighted by atomic mass is 35.5. The molecule has 4 nitrogen and oxygen atoms in total. The number of halogens is 2.